The van der Waals surface area contributed by atoms with Gasteiger partial charge >= 0.3 is 6.03 Å². The normalized spacial score (nSPS) is 16.3. The molecule has 1 fully saturated rings. The molecule has 31 heavy (non-hydrogen) atoms. The van der Waals surface area contributed by atoms with Crippen LogP contribution in [0.5, 0.6) is 0 Å². The summed E-state index contributed by atoms with van der Waals surface area (Å²) >= 11 is 0. The van der Waals surface area contributed by atoms with Gasteiger partial charge in [0, 0.05) is 19.6 Å². The predicted octanol–water partition coefficient (Wildman–Crippen LogP) is 4.15. The maximum Gasteiger partial charge on any atom is 0.317 e. The number of carbonyl (C=O) groups is 1. The van der Waals surface area contributed by atoms with Crippen molar-refractivity contribution in [2.75, 3.05) is 19.6 Å². The van der Waals surface area contributed by atoms with Gasteiger partial charge in [-0.2, -0.15) is 0 Å². The van der Waals surface area contributed by atoms with E-state index in [1.807, 2.05) is 18.2 Å². The van der Waals surface area contributed by atoms with Gasteiger partial charge in [0.2, 0.25) is 0 Å². The Labute approximate surface area is 183 Å². The van der Waals surface area contributed by atoms with Gasteiger partial charge < -0.3 is 10.2 Å². The summed E-state index contributed by atoms with van der Waals surface area (Å²) in [5.74, 6) is 0. The smallest absolute Gasteiger partial charge is 0.317 e. The first-order valence-electron chi connectivity index (χ1n) is 10.5. The minimum absolute atomic E-state index is 0.202. The largest absolute Gasteiger partial charge is 0.338 e. The molecule has 160 valence electrons. The number of urea groups is 1. The van der Waals surface area contributed by atoms with Crippen LogP contribution in [-0.2, 0) is 16.3 Å². The first kappa shape index (κ1) is 21.1. The molecular formula is C25H26N2O3S. The number of hydrogen-bond acceptors (Lipinski definition) is 3. The highest BCUT2D eigenvalue weighted by Crippen LogP contribution is 2.24. The fourth-order valence-corrected chi connectivity index (χ4v) is 5.60. The Hall–Kier alpha value is -3.12. The molecule has 0 aliphatic carbocycles. The standard InChI is InChI=1S/C25H26N2O3S/c28-25(27-18-16-24(19-27)31(29,30)23-9-5-2-6-10-23)26-17-15-20-11-13-22(14-12-20)21-7-3-1-4-8-21/h1-14,24H,15-19H2,(H,26,28). The van der Waals surface area contributed by atoms with Crippen LogP contribution in [-0.4, -0.2) is 44.2 Å². The fraction of sp³-hybridized carbons (Fsp3) is 0.240. The summed E-state index contributed by atoms with van der Waals surface area (Å²) in [6.07, 6.45) is 1.19. The number of rotatable bonds is 6. The SMILES string of the molecule is O=C(NCCc1ccc(-c2ccccc2)cc1)N1CCC(S(=O)(=O)c2ccccc2)C1. The van der Waals surface area contributed by atoms with Gasteiger partial charge in [-0.15, -0.1) is 0 Å². The minimum atomic E-state index is -3.42. The third-order valence-corrected chi connectivity index (χ3v) is 7.89. The van der Waals surface area contributed by atoms with E-state index in [4.69, 9.17) is 0 Å². The molecule has 1 saturated heterocycles. The van der Waals surface area contributed by atoms with E-state index in [-0.39, 0.29) is 12.6 Å². The van der Waals surface area contributed by atoms with Crippen molar-refractivity contribution in [2.24, 2.45) is 0 Å². The van der Waals surface area contributed by atoms with Crippen LogP contribution in [0.15, 0.2) is 89.8 Å². The lowest BCUT2D eigenvalue weighted by Gasteiger charge is -2.17. The molecular weight excluding hydrogens is 408 g/mol. The molecule has 0 radical (unpaired) electrons. The lowest BCUT2D eigenvalue weighted by molar-refractivity contribution is 0.209. The predicted molar refractivity (Wildman–Crippen MR) is 123 cm³/mol. The Kier molecular flexibility index (Phi) is 6.37. The van der Waals surface area contributed by atoms with Crippen molar-refractivity contribution in [3.05, 3.63) is 90.5 Å². The van der Waals surface area contributed by atoms with Gasteiger partial charge in [-0.05, 0) is 41.7 Å². The van der Waals surface area contributed by atoms with Crippen molar-refractivity contribution in [1.82, 2.24) is 10.2 Å². The topological polar surface area (TPSA) is 66.5 Å². The molecule has 0 spiro atoms. The summed E-state index contributed by atoms with van der Waals surface area (Å²) in [6, 6.07) is 26.8. The molecule has 0 aromatic heterocycles. The molecule has 5 nitrogen and oxygen atoms in total. The second-order valence-electron chi connectivity index (χ2n) is 7.76. The van der Waals surface area contributed by atoms with Crippen LogP contribution in [0.3, 0.4) is 0 Å². The van der Waals surface area contributed by atoms with Crippen LogP contribution in [0.1, 0.15) is 12.0 Å². The molecule has 1 N–H and O–H groups in total. The number of amides is 2. The first-order valence-corrected chi connectivity index (χ1v) is 12.0. The average Bonchev–Trinajstić information content (AvgIpc) is 3.32. The summed E-state index contributed by atoms with van der Waals surface area (Å²) in [4.78, 5) is 14.4. The van der Waals surface area contributed by atoms with E-state index in [2.05, 4.69) is 41.7 Å². The van der Waals surface area contributed by atoms with Gasteiger partial charge in [0.1, 0.15) is 0 Å². The van der Waals surface area contributed by atoms with Crippen molar-refractivity contribution >= 4 is 15.9 Å². The van der Waals surface area contributed by atoms with E-state index in [1.165, 1.54) is 5.56 Å². The maximum atomic E-state index is 12.8. The van der Waals surface area contributed by atoms with Crippen molar-refractivity contribution in [3.8, 4) is 11.1 Å². The highest BCUT2D eigenvalue weighted by atomic mass is 32.2. The second kappa shape index (κ2) is 9.35. The third-order valence-electron chi connectivity index (χ3n) is 5.69. The Balaban J connectivity index is 1.27. The number of sulfone groups is 1. The highest BCUT2D eigenvalue weighted by molar-refractivity contribution is 7.92. The van der Waals surface area contributed by atoms with Crippen molar-refractivity contribution in [3.63, 3.8) is 0 Å². The van der Waals surface area contributed by atoms with Crippen LogP contribution in [0, 0.1) is 0 Å². The molecule has 0 saturated carbocycles. The molecule has 6 heteroatoms. The molecule has 1 aliphatic rings. The van der Waals surface area contributed by atoms with Crippen LogP contribution in [0.2, 0.25) is 0 Å². The van der Waals surface area contributed by atoms with E-state index in [1.54, 1.807) is 35.2 Å². The van der Waals surface area contributed by atoms with Gasteiger partial charge in [-0.25, -0.2) is 13.2 Å². The first-order chi connectivity index (χ1) is 15.0. The molecule has 1 atom stereocenters. The number of carbonyl (C=O) groups excluding carboxylic acids is 1. The Bertz CT molecular complexity index is 1110. The van der Waals surface area contributed by atoms with Crippen molar-refractivity contribution in [2.45, 2.75) is 23.0 Å². The summed E-state index contributed by atoms with van der Waals surface area (Å²) in [6.45, 7) is 1.19. The van der Waals surface area contributed by atoms with Gasteiger partial charge in [-0.3, -0.25) is 0 Å². The molecule has 1 aliphatic heterocycles. The van der Waals surface area contributed by atoms with E-state index in [0.29, 0.717) is 24.4 Å². The number of nitrogens with zero attached hydrogens (tertiary/aromatic N) is 1. The van der Waals surface area contributed by atoms with Crippen LogP contribution in [0.4, 0.5) is 4.79 Å². The zero-order chi connectivity index (χ0) is 21.7. The highest BCUT2D eigenvalue weighted by Gasteiger charge is 2.35. The number of nitrogens with one attached hydrogen (secondary N) is 1. The Morgan fingerprint density at radius 1 is 0.871 bits per heavy atom. The second-order valence-corrected chi connectivity index (χ2v) is 9.99. The summed E-state index contributed by atoms with van der Waals surface area (Å²) in [5.41, 5.74) is 3.48. The van der Waals surface area contributed by atoms with Crippen molar-refractivity contribution < 1.29 is 13.2 Å². The molecule has 2 amide bonds. The van der Waals surface area contributed by atoms with Gasteiger partial charge in [-0.1, -0.05) is 72.8 Å². The molecule has 3 aromatic rings. The Morgan fingerprint density at radius 2 is 1.48 bits per heavy atom. The van der Waals surface area contributed by atoms with Gasteiger partial charge in [0.05, 0.1) is 10.1 Å². The molecule has 1 unspecified atom stereocenters. The lowest BCUT2D eigenvalue weighted by atomic mass is 10.0. The zero-order valence-electron chi connectivity index (χ0n) is 17.3. The summed E-state index contributed by atoms with van der Waals surface area (Å²) in [5, 5.41) is 2.37. The third kappa shape index (κ3) is 4.97. The molecule has 1 heterocycles. The number of hydrogen-bond donors (Lipinski definition) is 1. The van der Waals surface area contributed by atoms with Crippen LogP contribution < -0.4 is 5.32 Å². The van der Waals surface area contributed by atoms with Gasteiger partial charge in [0.25, 0.3) is 0 Å². The van der Waals surface area contributed by atoms with Crippen molar-refractivity contribution in [1.29, 1.82) is 0 Å². The van der Waals surface area contributed by atoms with E-state index >= 15 is 0 Å². The Morgan fingerprint density at radius 3 is 2.16 bits per heavy atom. The zero-order valence-corrected chi connectivity index (χ0v) is 18.1. The fourth-order valence-electron chi connectivity index (χ4n) is 3.89. The van der Waals surface area contributed by atoms with Gasteiger partial charge in [0.15, 0.2) is 9.84 Å². The summed E-state index contributed by atoms with van der Waals surface area (Å²) in [7, 11) is -3.42. The van der Waals surface area contributed by atoms with E-state index in [0.717, 1.165) is 17.5 Å². The quantitative estimate of drug-likeness (QED) is 0.634. The number of likely N-dealkylation sites (tertiary alicyclic amines) is 1. The monoisotopic (exact) mass is 434 g/mol. The van der Waals surface area contributed by atoms with Crippen LogP contribution >= 0.6 is 0 Å². The number of benzene rings is 3. The maximum absolute atomic E-state index is 12.8. The minimum Gasteiger partial charge on any atom is -0.338 e. The van der Waals surface area contributed by atoms with E-state index in [9.17, 15) is 13.2 Å². The molecule has 4 rings (SSSR count). The average molecular weight is 435 g/mol. The molecule has 3 aromatic carbocycles. The van der Waals surface area contributed by atoms with Crippen LogP contribution in [0.25, 0.3) is 11.1 Å². The molecule has 0 bridgehead atoms. The summed E-state index contributed by atoms with van der Waals surface area (Å²) < 4.78 is 25.5. The lowest BCUT2D eigenvalue weighted by Crippen LogP contribution is -2.40. The van der Waals surface area contributed by atoms with E-state index < -0.39 is 15.1 Å².